The van der Waals surface area contributed by atoms with Crippen LogP contribution in [0.5, 0.6) is 0 Å². The molecular weight excluding hydrogens is 598 g/mol. The van der Waals surface area contributed by atoms with Crippen LogP contribution in [0.3, 0.4) is 0 Å². The highest BCUT2D eigenvalue weighted by molar-refractivity contribution is 9.10. The molecule has 0 radical (unpaired) electrons. The number of nitrogens with zero attached hydrogens (tertiary/aromatic N) is 3. The summed E-state index contributed by atoms with van der Waals surface area (Å²) in [4.78, 5) is 47.8. The topological polar surface area (TPSA) is 97.6 Å². The third-order valence-corrected chi connectivity index (χ3v) is 7.47. The van der Waals surface area contributed by atoms with Crippen molar-refractivity contribution in [3.05, 3.63) is 124 Å². The molecule has 1 heterocycles. The van der Waals surface area contributed by atoms with Crippen LogP contribution in [0.2, 0.25) is 0 Å². The highest BCUT2D eigenvalue weighted by Crippen LogP contribution is 2.36. The average molecular weight is 624 g/mol. The van der Waals surface area contributed by atoms with Crippen LogP contribution in [0.25, 0.3) is 0 Å². The molecule has 4 aromatic carbocycles. The quantitative estimate of drug-likeness (QED) is 0.0881. The fraction of sp³-hybridized carbons (Fsp3) is 0.121. The van der Waals surface area contributed by atoms with Gasteiger partial charge in [-0.15, -0.1) is 0 Å². The predicted molar refractivity (Wildman–Crippen MR) is 164 cm³/mol. The van der Waals surface area contributed by atoms with Gasteiger partial charge in [0.05, 0.1) is 5.71 Å². The maximum atomic E-state index is 13.2. The smallest absolute Gasteiger partial charge is 0.318 e. The first kappa shape index (κ1) is 28.6. The van der Waals surface area contributed by atoms with Crippen molar-refractivity contribution >= 4 is 62.1 Å². The first-order valence-corrected chi connectivity index (χ1v) is 13.9. The molecule has 210 valence electrons. The zero-order chi connectivity index (χ0) is 29.8. The van der Waals surface area contributed by atoms with Gasteiger partial charge in [0.1, 0.15) is 11.6 Å². The summed E-state index contributed by atoms with van der Waals surface area (Å²) in [6.45, 7) is 4.82. The molecule has 1 aliphatic rings. The number of ketones is 1. The number of oxime groups is 2. The fourth-order valence-corrected chi connectivity index (χ4v) is 4.96. The van der Waals surface area contributed by atoms with Gasteiger partial charge in [-0.05, 0) is 80.1 Å². The molecular formula is C33H26BrN3O5. The lowest BCUT2D eigenvalue weighted by molar-refractivity contribution is -0.143. The van der Waals surface area contributed by atoms with E-state index in [0.717, 1.165) is 32.7 Å². The van der Waals surface area contributed by atoms with Gasteiger partial charge in [0.25, 0.3) is 0 Å². The van der Waals surface area contributed by atoms with Crippen LogP contribution in [0.15, 0.2) is 112 Å². The molecule has 0 spiro atoms. The molecule has 0 bridgehead atoms. The number of rotatable bonds is 8. The maximum absolute atomic E-state index is 13.2. The SMILES string of the molecule is CC(=O)O/N=C(\C)c1ccc(N(c2ccc(C(=O)c3ccccc3Br)cc2)c2ccc(C3=NOC(=O)C3C)cc2)cc1. The largest absolute Gasteiger partial charge is 0.343 e. The normalized spacial score (nSPS) is 14.7. The molecule has 1 aliphatic heterocycles. The van der Waals surface area contributed by atoms with Gasteiger partial charge in [0.2, 0.25) is 0 Å². The Bertz CT molecular complexity index is 1710. The lowest BCUT2D eigenvalue weighted by atomic mass is 9.98. The molecule has 5 rings (SSSR count). The molecule has 0 N–H and O–H groups in total. The number of benzene rings is 4. The summed E-state index contributed by atoms with van der Waals surface area (Å²) in [6.07, 6.45) is 0. The van der Waals surface area contributed by atoms with Crippen LogP contribution in [-0.2, 0) is 19.3 Å². The summed E-state index contributed by atoms with van der Waals surface area (Å²) in [6, 6.07) is 30.1. The highest BCUT2D eigenvalue weighted by atomic mass is 79.9. The van der Waals surface area contributed by atoms with Crippen molar-refractivity contribution < 1.29 is 24.1 Å². The Morgan fingerprint density at radius 2 is 1.38 bits per heavy atom. The van der Waals surface area contributed by atoms with E-state index in [0.29, 0.717) is 22.6 Å². The summed E-state index contributed by atoms with van der Waals surface area (Å²) in [5, 5.41) is 7.82. The second-order valence-corrected chi connectivity index (χ2v) is 10.5. The van der Waals surface area contributed by atoms with Crippen molar-refractivity contribution in [3.8, 4) is 0 Å². The van der Waals surface area contributed by atoms with Crippen molar-refractivity contribution in [1.29, 1.82) is 0 Å². The average Bonchev–Trinajstić information content (AvgIpc) is 3.34. The molecule has 42 heavy (non-hydrogen) atoms. The summed E-state index contributed by atoms with van der Waals surface area (Å²) < 4.78 is 0.738. The van der Waals surface area contributed by atoms with Crippen molar-refractivity contribution in [2.75, 3.05) is 4.90 Å². The zero-order valence-corrected chi connectivity index (χ0v) is 24.7. The van der Waals surface area contributed by atoms with Gasteiger partial charge in [-0.2, -0.15) is 0 Å². The van der Waals surface area contributed by atoms with E-state index in [1.165, 1.54) is 6.92 Å². The Labute approximate surface area is 251 Å². The van der Waals surface area contributed by atoms with Crippen LogP contribution < -0.4 is 4.90 Å². The molecule has 4 aromatic rings. The minimum Gasteiger partial charge on any atom is -0.318 e. The first-order valence-electron chi connectivity index (χ1n) is 13.1. The second kappa shape index (κ2) is 12.3. The molecule has 1 unspecified atom stereocenters. The zero-order valence-electron chi connectivity index (χ0n) is 23.1. The first-order chi connectivity index (χ1) is 20.2. The molecule has 9 heteroatoms. The van der Waals surface area contributed by atoms with Gasteiger partial charge in [0.15, 0.2) is 5.78 Å². The lowest BCUT2D eigenvalue weighted by Crippen LogP contribution is -2.15. The number of anilines is 3. The molecule has 0 aromatic heterocycles. The van der Waals surface area contributed by atoms with E-state index in [1.54, 1.807) is 32.0 Å². The molecule has 0 fully saturated rings. The van der Waals surface area contributed by atoms with E-state index in [1.807, 2.05) is 83.8 Å². The summed E-state index contributed by atoms with van der Waals surface area (Å²) in [7, 11) is 0. The Kier molecular flexibility index (Phi) is 8.40. The molecule has 0 aliphatic carbocycles. The number of carbonyl (C=O) groups is 3. The molecule has 0 amide bonds. The summed E-state index contributed by atoms with van der Waals surface area (Å²) >= 11 is 3.47. The van der Waals surface area contributed by atoms with Gasteiger partial charge in [-0.25, -0.2) is 9.59 Å². The molecule has 0 saturated carbocycles. The third-order valence-electron chi connectivity index (χ3n) is 6.78. The molecule has 0 saturated heterocycles. The van der Waals surface area contributed by atoms with Crippen LogP contribution >= 0.6 is 15.9 Å². The van der Waals surface area contributed by atoms with E-state index in [-0.39, 0.29) is 11.8 Å². The Balaban J connectivity index is 1.50. The minimum absolute atomic E-state index is 0.0833. The standard InChI is InChI=1S/C33H26BrN3O5/c1-20-31(36-42-33(20)40)24-10-16-27(17-11-24)37(26-14-8-23(9-15-26)21(2)35-41-22(3)38)28-18-12-25(13-19-28)32(39)29-6-4-5-7-30(29)34/h4-20H,1-3H3/b35-21+. The Morgan fingerprint density at radius 1 is 0.833 bits per heavy atom. The number of hydrogen-bond acceptors (Lipinski definition) is 8. The highest BCUT2D eigenvalue weighted by Gasteiger charge is 2.29. The summed E-state index contributed by atoms with van der Waals surface area (Å²) in [5.41, 5.74) is 6.40. The minimum atomic E-state index is -0.490. The van der Waals surface area contributed by atoms with Crippen LogP contribution in [0.1, 0.15) is 47.8 Å². The third kappa shape index (κ3) is 6.06. The van der Waals surface area contributed by atoms with E-state index in [9.17, 15) is 14.4 Å². The van der Waals surface area contributed by atoms with Crippen molar-refractivity contribution in [1.82, 2.24) is 0 Å². The lowest BCUT2D eigenvalue weighted by Gasteiger charge is -2.26. The van der Waals surface area contributed by atoms with Gasteiger partial charge >= 0.3 is 11.9 Å². The Morgan fingerprint density at radius 3 is 1.90 bits per heavy atom. The fourth-order valence-electron chi connectivity index (χ4n) is 4.49. The van der Waals surface area contributed by atoms with Gasteiger partial charge in [-0.1, -0.05) is 62.6 Å². The van der Waals surface area contributed by atoms with Gasteiger partial charge < -0.3 is 14.6 Å². The van der Waals surface area contributed by atoms with E-state index >= 15 is 0 Å². The number of hydrogen-bond donors (Lipinski definition) is 0. The number of halogens is 1. The van der Waals surface area contributed by atoms with Crippen LogP contribution in [0, 0.1) is 5.92 Å². The second-order valence-electron chi connectivity index (χ2n) is 9.65. The van der Waals surface area contributed by atoms with Crippen LogP contribution in [-0.4, -0.2) is 29.1 Å². The van der Waals surface area contributed by atoms with Crippen molar-refractivity contribution in [2.45, 2.75) is 20.8 Å². The monoisotopic (exact) mass is 623 g/mol. The number of carbonyl (C=O) groups excluding carboxylic acids is 3. The van der Waals surface area contributed by atoms with Crippen molar-refractivity contribution in [3.63, 3.8) is 0 Å². The molecule has 8 nitrogen and oxygen atoms in total. The van der Waals surface area contributed by atoms with E-state index < -0.39 is 11.9 Å². The Hall–Kier alpha value is -4.89. The summed E-state index contributed by atoms with van der Waals surface area (Å²) in [5.74, 6) is -1.39. The molecule has 1 atom stereocenters. The van der Waals surface area contributed by atoms with E-state index in [4.69, 9.17) is 9.68 Å². The van der Waals surface area contributed by atoms with Gasteiger partial charge in [0, 0.05) is 45.1 Å². The van der Waals surface area contributed by atoms with E-state index in [2.05, 4.69) is 26.2 Å². The maximum Gasteiger partial charge on any atom is 0.343 e. The predicted octanol–water partition coefficient (Wildman–Crippen LogP) is 7.33. The van der Waals surface area contributed by atoms with Crippen LogP contribution in [0.4, 0.5) is 17.1 Å². The van der Waals surface area contributed by atoms with Crippen molar-refractivity contribution in [2.24, 2.45) is 16.2 Å². The van der Waals surface area contributed by atoms with Gasteiger partial charge in [-0.3, -0.25) is 4.79 Å².